The van der Waals surface area contributed by atoms with Gasteiger partial charge in [0.2, 0.25) is 0 Å². The Kier molecular flexibility index (Phi) is 3.85. The molecule has 1 atom stereocenters. The number of rotatable bonds is 4. The number of aliphatic carboxylic acids is 1. The van der Waals surface area contributed by atoms with Gasteiger partial charge in [-0.15, -0.1) is 11.3 Å². The molecule has 2 rings (SSSR count). The lowest BCUT2D eigenvalue weighted by Crippen LogP contribution is -2.32. The van der Waals surface area contributed by atoms with Crippen molar-refractivity contribution in [3.63, 3.8) is 0 Å². The van der Waals surface area contributed by atoms with Crippen molar-refractivity contribution < 1.29 is 9.90 Å². The third-order valence-corrected chi connectivity index (χ3v) is 3.29. The van der Waals surface area contributed by atoms with Crippen LogP contribution in [-0.2, 0) is 11.2 Å². The van der Waals surface area contributed by atoms with Crippen molar-refractivity contribution >= 4 is 17.3 Å². The van der Waals surface area contributed by atoms with Gasteiger partial charge in [0.1, 0.15) is 12.1 Å². The number of carboxylic acids is 1. The first-order valence-corrected chi connectivity index (χ1v) is 6.27. The number of nitriles is 1. The first kappa shape index (κ1) is 13.1. The highest BCUT2D eigenvalue weighted by atomic mass is 32.1. The fourth-order valence-corrected chi connectivity index (χ4v) is 2.26. The maximum atomic E-state index is 10.7. The van der Waals surface area contributed by atoms with Gasteiger partial charge in [-0.25, -0.2) is 4.98 Å². The van der Waals surface area contributed by atoms with E-state index in [1.54, 1.807) is 17.5 Å². The lowest BCUT2D eigenvalue weighted by atomic mass is 10.2. The normalized spacial score (nSPS) is 11.8. The van der Waals surface area contributed by atoms with Crippen LogP contribution in [0.1, 0.15) is 10.6 Å². The van der Waals surface area contributed by atoms with Crippen LogP contribution < -0.4 is 5.73 Å². The highest BCUT2D eigenvalue weighted by Crippen LogP contribution is 2.20. The van der Waals surface area contributed by atoms with Gasteiger partial charge < -0.3 is 10.8 Å². The molecule has 19 heavy (non-hydrogen) atoms. The quantitative estimate of drug-likeness (QED) is 0.861. The number of aromatic nitrogens is 2. The second-order valence-electron chi connectivity index (χ2n) is 3.82. The summed E-state index contributed by atoms with van der Waals surface area (Å²) < 4.78 is 0. The largest absolute Gasteiger partial charge is 0.480 e. The van der Waals surface area contributed by atoms with Crippen LogP contribution >= 0.6 is 11.3 Å². The highest BCUT2D eigenvalue weighted by Gasteiger charge is 2.15. The zero-order valence-electron chi connectivity index (χ0n) is 9.78. The molecular weight excluding hydrogens is 264 g/mol. The molecule has 2 heterocycles. The summed E-state index contributed by atoms with van der Waals surface area (Å²) >= 11 is 1.34. The third-order valence-electron chi connectivity index (χ3n) is 2.42. The minimum atomic E-state index is -1.05. The number of carboxylic acid groups (broad SMARTS) is 1. The molecule has 96 valence electrons. The van der Waals surface area contributed by atoms with Gasteiger partial charge in [0.15, 0.2) is 0 Å². The summed E-state index contributed by atoms with van der Waals surface area (Å²) in [5.74, 6) is -1.05. The molecule has 0 amide bonds. The molecule has 7 heteroatoms. The minimum Gasteiger partial charge on any atom is -0.480 e. The van der Waals surface area contributed by atoms with Gasteiger partial charge in [-0.05, 0) is 12.1 Å². The lowest BCUT2D eigenvalue weighted by molar-refractivity contribution is -0.138. The van der Waals surface area contributed by atoms with Crippen molar-refractivity contribution in [3.05, 3.63) is 34.3 Å². The molecule has 0 bridgehead atoms. The summed E-state index contributed by atoms with van der Waals surface area (Å²) in [4.78, 5) is 19.1. The first-order chi connectivity index (χ1) is 9.10. The van der Waals surface area contributed by atoms with Crippen molar-refractivity contribution in [2.24, 2.45) is 5.73 Å². The second kappa shape index (κ2) is 5.56. The topological polar surface area (TPSA) is 113 Å². The van der Waals surface area contributed by atoms with E-state index in [2.05, 4.69) is 9.97 Å². The Labute approximate surface area is 113 Å². The van der Waals surface area contributed by atoms with E-state index in [1.165, 1.54) is 17.5 Å². The number of hydrogen-bond donors (Lipinski definition) is 2. The summed E-state index contributed by atoms with van der Waals surface area (Å²) in [6, 6.07) is 4.40. The molecule has 0 radical (unpaired) electrons. The van der Waals surface area contributed by atoms with Crippen LogP contribution in [0.2, 0.25) is 0 Å². The Morgan fingerprint density at radius 3 is 2.89 bits per heavy atom. The number of thiazole rings is 1. The van der Waals surface area contributed by atoms with Gasteiger partial charge >= 0.3 is 5.97 Å². The van der Waals surface area contributed by atoms with E-state index in [0.717, 1.165) is 0 Å². The van der Waals surface area contributed by atoms with Crippen LogP contribution in [0.3, 0.4) is 0 Å². The maximum absolute atomic E-state index is 10.7. The molecule has 0 spiro atoms. The predicted molar refractivity (Wildman–Crippen MR) is 69.4 cm³/mol. The molecular formula is C12H10N4O2S. The SMILES string of the molecule is N#Cc1ccc(-c2csc(CC(N)C(=O)O)n2)nc1. The number of nitrogens with two attached hydrogens (primary N) is 1. The summed E-state index contributed by atoms with van der Waals surface area (Å²) in [5.41, 5.74) is 7.23. The average Bonchev–Trinajstić information content (AvgIpc) is 2.87. The molecule has 2 aromatic heterocycles. The Balaban J connectivity index is 2.16. The molecule has 6 nitrogen and oxygen atoms in total. The van der Waals surface area contributed by atoms with E-state index in [9.17, 15) is 4.79 Å². The van der Waals surface area contributed by atoms with Crippen molar-refractivity contribution in [3.8, 4) is 17.5 Å². The molecule has 0 aliphatic carbocycles. The van der Waals surface area contributed by atoms with Crippen molar-refractivity contribution in [1.29, 1.82) is 5.26 Å². The molecule has 0 aromatic carbocycles. The number of nitrogens with zero attached hydrogens (tertiary/aromatic N) is 3. The van der Waals surface area contributed by atoms with E-state index >= 15 is 0 Å². The number of hydrogen-bond acceptors (Lipinski definition) is 6. The van der Waals surface area contributed by atoms with Gasteiger partial charge in [0, 0.05) is 18.0 Å². The summed E-state index contributed by atoms with van der Waals surface area (Å²) in [7, 11) is 0. The maximum Gasteiger partial charge on any atom is 0.320 e. The third kappa shape index (κ3) is 3.13. The van der Waals surface area contributed by atoms with Crippen LogP contribution in [0.25, 0.3) is 11.4 Å². The second-order valence-corrected chi connectivity index (χ2v) is 4.76. The molecule has 0 aliphatic heterocycles. The summed E-state index contributed by atoms with van der Waals surface area (Å²) in [6.45, 7) is 0. The average molecular weight is 274 g/mol. The van der Waals surface area contributed by atoms with E-state index < -0.39 is 12.0 Å². The van der Waals surface area contributed by atoms with Crippen LogP contribution in [-0.4, -0.2) is 27.1 Å². The zero-order valence-corrected chi connectivity index (χ0v) is 10.6. The molecule has 0 saturated carbocycles. The van der Waals surface area contributed by atoms with Gasteiger partial charge in [-0.2, -0.15) is 5.26 Å². The molecule has 0 aliphatic rings. The van der Waals surface area contributed by atoms with E-state index in [0.29, 0.717) is 22.0 Å². The van der Waals surface area contributed by atoms with Crippen LogP contribution in [0.15, 0.2) is 23.7 Å². The Hall–Kier alpha value is -2.30. The predicted octanol–water partition coefficient (Wildman–Crippen LogP) is 1.03. The van der Waals surface area contributed by atoms with Crippen molar-refractivity contribution in [2.75, 3.05) is 0 Å². The molecule has 0 saturated heterocycles. The molecule has 2 aromatic rings. The Morgan fingerprint density at radius 1 is 1.53 bits per heavy atom. The summed E-state index contributed by atoms with van der Waals surface area (Å²) in [5, 5.41) is 19.9. The van der Waals surface area contributed by atoms with Gasteiger partial charge in [0.05, 0.1) is 22.0 Å². The molecule has 3 N–H and O–H groups in total. The van der Waals surface area contributed by atoms with E-state index in [4.69, 9.17) is 16.1 Å². The van der Waals surface area contributed by atoms with Crippen molar-refractivity contribution in [2.45, 2.75) is 12.5 Å². The van der Waals surface area contributed by atoms with Crippen LogP contribution in [0.4, 0.5) is 0 Å². The highest BCUT2D eigenvalue weighted by molar-refractivity contribution is 7.09. The standard InChI is InChI=1S/C12H10N4O2S/c13-4-7-1-2-9(15-5-7)10-6-19-11(16-10)3-8(14)12(17)18/h1-2,5-6,8H,3,14H2,(H,17,18). The van der Waals surface area contributed by atoms with E-state index in [1.807, 2.05) is 6.07 Å². The smallest absolute Gasteiger partial charge is 0.320 e. The lowest BCUT2D eigenvalue weighted by Gasteiger charge is -2.01. The van der Waals surface area contributed by atoms with E-state index in [-0.39, 0.29) is 6.42 Å². The fraction of sp³-hybridized carbons (Fsp3) is 0.167. The Bertz CT molecular complexity index is 630. The Morgan fingerprint density at radius 2 is 2.32 bits per heavy atom. The summed E-state index contributed by atoms with van der Waals surface area (Å²) in [6.07, 6.45) is 1.66. The fourth-order valence-electron chi connectivity index (χ4n) is 1.41. The van der Waals surface area contributed by atoms with Crippen molar-refractivity contribution in [1.82, 2.24) is 9.97 Å². The van der Waals surface area contributed by atoms with Crippen LogP contribution in [0, 0.1) is 11.3 Å². The zero-order chi connectivity index (χ0) is 13.8. The monoisotopic (exact) mass is 274 g/mol. The number of pyridine rings is 1. The van der Waals surface area contributed by atoms with Gasteiger partial charge in [-0.3, -0.25) is 9.78 Å². The van der Waals surface area contributed by atoms with Gasteiger partial charge in [-0.1, -0.05) is 0 Å². The first-order valence-electron chi connectivity index (χ1n) is 5.39. The number of carbonyl (C=O) groups is 1. The molecule has 1 unspecified atom stereocenters. The molecule has 0 fully saturated rings. The van der Waals surface area contributed by atoms with Gasteiger partial charge in [0.25, 0.3) is 0 Å². The minimum absolute atomic E-state index is 0.191. The van der Waals surface area contributed by atoms with Crippen LogP contribution in [0.5, 0.6) is 0 Å².